The van der Waals surface area contributed by atoms with Crippen molar-refractivity contribution in [2.24, 2.45) is 0 Å². The monoisotopic (exact) mass is 434 g/mol. The molecule has 3 aromatic carbocycles. The molecule has 2 heterocycles. The van der Waals surface area contributed by atoms with Crippen LogP contribution in [0.3, 0.4) is 0 Å². The zero-order valence-electron chi connectivity index (χ0n) is 15.4. The number of hydrogen-bond acceptors (Lipinski definition) is 7. The van der Waals surface area contributed by atoms with Crippen molar-refractivity contribution in [1.29, 1.82) is 0 Å². The number of aromatic nitrogens is 1. The van der Waals surface area contributed by atoms with Crippen LogP contribution in [0.5, 0.6) is 0 Å². The maximum absolute atomic E-state index is 12.4. The molecule has 0 saturated heterocycles. The van der Waals surface area contributed by atoms with E-state index in [4.69, 9.17) is 0 Å². The fourth-order valence-corrected chi connectivity index (χ4v) is 5.41. The molecule has 1 amide bonds. The molecule has 1 atom stereocenters. The van der Waals surface area contributed by atoms with Gasteiger partial charge in [-0.15, -0.1) is 11.3 Å². The highest BCUT2D eigenvalue weighted by molar-refractivity contribution is 8.01. The molecule has 4 aromatic rings. The van der Waals surface area contributed by atoms with Crippen molar-refractivity contribution in [2.45, 2.75) is 15.4 Å². The summed E-state index contributed by atoms with van der Waals surface area (Å²) in [5.41, 5.74) is 2.70. The third-order valence-electron chi connectivity index (χ3n) is 4.73. The summed E-state index contributed by atoms with van der Waals surface area (Å²) in [7, 11) is 0. The van der Waals surface area contributed by atoms with Gasteiger partial charge in [-0.25, -0.2) is 4.98 Å². The average Bonchev–Trinajstić information content (AvgIpc) is 3.16. The summed E-state index contributed by atoms with van der Waals surface area (Å²) in [6.45, 7) is 0. The van der Waals surface area contributed by atoms with E-state index in [0.717, 1.165) is 14.6 Å². The number of nitrogens with one attached hydrogen (secondary N) is 2. The fraction of sp³-hybridized carbons (Fsp3) is 0.0476. The summed E-state index contributed by atoms with van der Waals surface area (Å²) >= 11 is 2.77. The molecule has 0 radical (unpaired) electrons. The number of anilines is 1. The first kappa shape index (κ1) is 18.6. The lowest BCUT2D eigenvalue weighted by molar-refractivity contribution is -0.387. The Balaban J connectivity index is 1.47. The maximum atomic E-state index is 12.4. The molecular formula is C21H14N4O3S2. The van der Waals surface area contributed by atoms with Crippen molar-refractivity contribution in [2.75, 3.05) is 5.32 Å². The van der Waals surface area contributed by atoms with Crippen LogP contribution in [0.25, 0.3) is 10.2 Å². The Kier molecular flexibility index (Phi) is 4.61. The van der Waals surface area contributed by atoms with E-state index in [1.807, 2.05) is 36.4 Å². The zero-order chi connectivity index (χ0) is 20.7. The van der Waals surface area contributed by atoms with E-state index >= 15 is 0 Å². The van der Waals surface area contributed by atoms with Gasteiger partial charge in [0, 0.05) is 17.3 Å². The van der Waals surface area contributed by atoms with Gasteiger partial charge in [-0.2, -0.15) is 0 Å². The van der Waals surface area contributed by atoms with Gasteiger partial charge in [0.25, 0.3) is 11.6 Å². The molecule has 0 bridgehead atoms. The predicted molar refractivity (Wildman–Crippen MR) is 117 cm³/mol. The Morgan fingerprint density at radius 1 is 1.03 bits per heavy atom. The van der Waals surface area contributed by atoms with E-state index in [2.05, 4.69) is 15.6 Å². The van der Waals surface area contributed by atoms with Crippen LogP contribution in [-0.2, 0) is 0 Å². The van der Waals surface area contributed by atoms with Gasteiger partial charge in [-0.05, 0) is 30.3 Å². The molecule has 1 aromatic heterocycles. The third kappa shape index (κ3) is 3.38. The minimum absolute atomic E-state index is 0.0216. The van der Waals surface area contributed by atoms with Crippen LogP contribution < -0.4 is 10.6 Å². The standard InChI is InChI=1S/C21H14N4O3S2/c26-20-13-5-1-2-6-14(13)22-19(24-20)12-9-10-18(16(11-12)25(27)28)30-21-23-15-7-3-4-8-17(15)29-21/h1-11,19,22H,(H,24,26)/t19-/m0/s1. The first-order chi connectivity index (χ1) is 14.6. The molecule has 30 heavy (non-hydrogen) atoms. The summed E-state index contributed by atoms with van der Waals surface area (Å²) in [6, 6.07) is 19.9. The summed E-state index contributed by atoms with van der Waals surface area (Å²) < 4.78 is 1.78. The van der Waals surface area contributed by atoms with E-state index in [1.54, 1.807) is 24.3 Å². The minimum atomic E-state index is -0.549. The van der Waals surface area contributed by atoms with Gasteiger partial charge in [0.2, 0.25) is 0 Å². The maximum Gasteiger partial charge on any atom is 0.283 e. The molecule has 0 saturated carbocycles. The summed E-state index contributed by atoms with van der Waals surface area (Å²) in [5, 5.41) is 17.8. The average molecular weight is 435 g/mol. The number of para-hydroxylation sites is 2. The van der Waals surface area contributed by atoms with Crippen molar-refractivity contribution in [3.8, 4) is 0 Å². The highest BCUT2D eigenvalue weighted by Crippen LogP contribution is 2.40. The van der Waals surface area contributed by atoms with E-state index in [1.165, 1.54) is 29.2 Å². The smallest absolute Gasteiger partial charge is 0.283 e. The predicted octanol–water partition coefficient (Wildman–Crippen LogP) is 5.21. The molecule has 2 N–H and O–H groups in total. The first-order valence-corrected chi connectivity index (χ1v) is 10.7. The molecule has 9 heteroatoms. The second-order valence-electron chi connectivity index (χ2n) is 6.63. The highest BCUT2D eigenvalue weighted by Gasteiger charge is 2.26. The molecule has 5 rings (SSSR count). The molecule has 0 unspecified atom stereocenters. The van der Waals surface area contributed by atoms with Gasteiger partial charge in [0.05, 0.1) is 25.6 Å². The van der Waals surface area contributed by atoms with E-state index in [0.29, 0.717) is 21.7 Å². The number of amides is 1. The number of nitro groups is 1. The number of carbonyl (C=O) groups excluding carboxylic acids is 1. The van der Waals surface area contributed by atoms with E-state index < -0.39 is 11.1 Å². The molecule has 1 aliphatic heterocycles. The molecule has 7 nitrogen and oxygen atoms in total. The van der Waals surface area contributed by atoms with Crippen LogP contribution in [0, 0.1) is 10.1 Å². The topological polar surface area (TPSA) is 97.2 Å². The second kappa shape index (κ2) is 7.43. The molecule has 148 valence electrons. The summed E-state index contributed by atoms with van der Waals surface area (Å²) in [5.74, 6) is -0.218. The third-order valence-corrected chi connectivity index (χ3v) is 6.89. The minimum Gasteiger partial charge on any atom is -0.361 e. The van der Waals surface area contributed by atoms with Crippen molar-refractivity contribution < 1.29 is 9.72 Å². The number of fused-ring (bicyclic) bond motifs is 2. The number of benzene rings is 3. The van der Waals surface area contributed by atoms with Gasteiger partial charge in [0.15, 0.2) is 4.34 Å². The molecule has 0 spiro atoms. The SMILES string of the molecule is O=C1N[C@@H](c2ccc(Sc3nc4ccccc4s3)c([N+](=O)[O-])c2)Nc2ccccc21. The van der Waals surface area contributed by atoms with Crippen LogP contribution in [0.2, 0.25) is 0 Å². The second-order valence-corrected chi connectivity index (χ2v) is 8.95. The van der Waals surface area contributed by atoms with Crippen molar-refractivity contribution in [3.63, 3.8) is 0 Å². The number of thiazole rings is 1. The van der Waals surface area contributed by atoms with Crippen molar-refractivity contribution in [1.82, 2.24) is 10.3 Å². The van der Waals surface area contributed by atoms with Gasteiger partial charge < -0.3 is 10.6 Å². The van der Waals surface area contributed by atoms with Gasteiger partial charge in [0.1, 0.15) is 6.17 Å². The first-order valence-electron chi connectivity index (χ1n) is 9.07. The van der Waals surface area contributed by atoms with Crippen LogP contribution in [-0.4, -0.2) is 15.8 Å². The Labute approximate surface area is 179 Å². The quantitative estimate of drug-likeness (QED) is 0.338. The van der Waals surface area contributed by atoms with Crippen molar-refractivity contribution >= 4 is 50.6 Å². The van der Waals surface area contributed by atoms with Gasteiger partial charge >= 0.3 is 0 Å². The number of nitrogens with zero attached hydrogens (tertiary/aromatic N) is 2. The Bertz CT molecular complexity index is 1270. The van der Waals surface area contributed by atoms with Crippen LogP contribution >= 0.6 is 23.1 Å². The Morgan fingerprint density at radius 3 is 2.67 bits per heavy atom. The lowest BCUT2D eigenvalue weighted by Crippen LogP contribution is -2.38. The lowest BCUT2D eigenvalue weighted by Gasteiger charge is -2.28. The highest BCUT2D eigenvalue weighted by atomic mass is 32.2. The molecule has 1 aliphatic rings. The molecule has 0 fully saturated rings. The Morgan fingerprint density at radius 2 is 1.83 bits per heavy atom. The van der Waals surface area contributed by atoms with Gasteiger partial charge in [-0.1, -0.05) is 42.1 Å². The van der Waals surface area contributed by atoms with Crippen LogP contribution in [0.15, 0.2) is 76.0 Å². The Hall–Kier alpha value is -3.43. The van der Waals surface area contributed by atoms with E-state index in [9.17, 15) is 14.9 Å². The summed E-state index contributed by atoms with van der Waals surface area (Å²) in [6.07, 6.45) is -0.549. The van der Waals surface area contributed by atoms with E-state index in [-0.39, 0.29) is 11.6 Å². The number of hydrogen-bond donors (Lipinski definition) is 2. The zero-order valence-corrected chi connectivity index (χ0v) is 17.0. The van der Waals surface area contributed by atoms with Crippen molar-refractivity contribution in [3.05, 3.63) is 88.0 Å². The van der Waals surface area contributed by atoms with Gasteiger partial charge in [-0.3, -0.25) is 14.9 Å². The lowest BCUT2D eigenvalue weighted by atomic mass is 10.1. The molecule has 0 aliphatic carbocycles. The number of carbonyl (C=O) groups is 1. The summed E-state index contributed by atoms with van der Waals surface area (Å²) in [4.78, 5) is 28.8. The van der Waals surface area contributed by atoms with Crippen LogP contribution in [0.4, 0.5) is 11.4 Å². The van der Waals surface area contributed by atoms with Crippen LogP contribution in [0.1, 0.15) is 22.1 Å². The fourth-order valence-electron chi connectivity index (χ4n) is 3.31. The number of nitro benzene ring substituents is 1. The number of rotatable bonds is 4. The largest absolute Gasteiger partial charge is 0.361 e. The normalized spacial score (nSPS) is 15.3. The molecular weight excluding hydrogens is 420 g/mol.